The first kappa shape index (κ1) is 14.5. The lowest BCUT2D eigenvalue weighted by Crippen LogP contribution is -2.34. The molecule has 1 aromatic heterocycles. The number of carbonyl (C=O) groups is 2. The summed E-state index contributed by atoms with van der Waals surface area (Å²) in [6, 6.07) is 9.61. The minimum atomic E-state index is -0.385. The maximum atomic E-state index is 11.8. The molecule has 0 atom stereocenters. The third kappa shape index (κ3) is 4.04. The number of benzene rings is 1. The van der Waals surface area contributed by atoms with Crippen molar-refractivity contribution < 1.29 is 14.7 Å². The van der Waals surface area contributed by atoms with Crippen LogP contribution < -0.4 is 10.6 Å². The first-order chi connectivity index (χ1) is 10.2. The molecule has 0 saturated heterocycles. The molecule has 0 bridgehead atoms. The second kappa shape index (κ2) is 7.04. The number of hydrogen-bond acceptors (Lipinski definition) is 4. The van der Waals surface area contributed by atoms with Gasteiger partial charge in [0.25, 0.3) is 11.8 Å². The molecule has 2 rings (SSSR count). The van der Waals surface area contributed by atoms with E-state index in [1.54, 1.807) is 30.5 Å². The van der Waals surface area contributed by atoms with Crippen LogP contribution in [0.15, 0.2) is 48.8 Å². The van der Waals surface area contributed by atoms with Crippen LogP contribution in [-0.4, -0.2) is 35.0 Å². The molecule has 0 unspecified atom stereocenters. The van der Waals surface area contributed by atoms with Crippen molar-refractivity contribution in [3.05, 3.63) is 59.9 Å². The standard InChI is InChI=1S/C15H15N3O3/c19-13-6-2-1-5-12(13)15(21)18-9-8-17-14(20)11-4-3-7-16-10-11/h1-7,10,19H,8-9H2,(H,17,20)(H,18,21). The summed E-state index contributed by atoms with van der Waals surface area (Å²) in [6.45, 7) is 0.548. The number of para-hydroxylation sites is 1. The van der Waals surface area contributed by atoms with E-state index in [4.69, 9.17) is 0 Å². The molecule has 2 amide bonds. The molecule has 0 radical (unpaired) electrons. The van der Waals surface area contributed by atoms with Gasteiger partial charge < -0.3 is 15.7 Å². The molecule has 0 saturated carbocycles. The van der Waals surface area contributed by atoms with Gasteiger partial charge in [-0.25, -0.2) is 0 Å². The lowest BCUT2D eigenvalue weighted by molar-refractivity contribution is 0.0926. The largest absolute Gasteiger partial charge is 0.507 e. The van der Waals surface area contributed by atoms with Gasteiger partial charge in [0, 0.05) is 25.5 Å². The highest BCUT2D eigenvalue weighted by Gasteiger charge is 2.09. The number of phenolic OH excluding ortho intramolecular Hbond substituents is 1. The van der Waals surface area contributed by atoms with Gasteiger partial charge in [0.1, 0.15) is 5.75 Å². The second-order valence-electron chi connectivity index (χ2n) is 4.27. The van der Waals surface area contributed by atoms with E-state index in [9.17, 15) is 14.7 Å². The van der Waals surface area contributed by atoms with Crippen molar-refractivity contribution in [2.75, 3.05) is 13.1 Å². The van der Waals surface area contributed by atoms with Gasteiger partial charge in [-0.3, -0.25) is 14.6 Å². The first-order valence-corrected chi connectivity index (χ1v) is 6.43. The number of amides is 2. The Bertz CT molecular complexity index is 629. The van der Waals surface area contributed by atoms with Crippen LogP contribution in [0.1, 0.15) is 20.7 Å². The number of nitrogens with zero attached hydrogens (tertiary/aromatic N) is 1. The Balaban J connectivity index is 1.76. The summed E-state index contributed by atoms with van der Waals surface area (Å²) in [5.41, 5.74) is 0.667. The van der Waals surface area contributed by atoms with Crippen molar-refractivity contribution >= 4 is 11.8 Å². The van der Waals surface area contributed by atoms with Crippen LogP contribution in [0, 0.1) is 0 Å². The molecule has 6 heteroatoms. The van der Waals surface area contributed by atoms with Gasteiger partial charge >= 0.3 is 0 Å². The van der Waals surface area contributed by atoms with Crippen molar-refractivity contribution in [1.29, 1.82) is 0 Å². The summed E-state index contributed by atoms with van der Waals surface area (Å²) in [5.74, 6) is -0.710. The van der Waals surface area contributed by atoms with Gasteiger partial charge in [-0.1, -0.05) is 12.1 Å². The highest BCUT2D eigenvalue weighted by Crippen LogP contribution is 2.14. The van der Waals surface area contributed by atoms with E-state index in [1.165, 1.54) is 18.3 Å². The van der Waals surface area contributed by atoms with E-state index in [0.29, 0.717) is 5.56 Å². The smallest absolute Gasteiger partial charge is 0.255 e. The zero-order valence-electron chi connectivity index (χ0n) is 11.2. The van der Waals surface area contributed by atoms with E-state index in [0.717, 1.165) is 0 Å². The molecule has 3 N–H and O–H groups in total. The highest BCUT2D eigenvalue weighted by atomic mass is 16.3. The average molecular weight is 285 g/mol. The molecule has 2 aromatic rings. The Morgan fingerprint density at radius 1 is 1.00 bits per heavy atom. The van der Waals surface area contributed by atoms with Crippen molar-refractivity contribution in [3.8, 4) is 5.75 Å². The monoisotopic (exact) mass is 285 g/mol. The van der Waals surface area contributed by atoms with Gasteiger partial charge in [-0.05, 0) is 24.3 Å². The fourth-order valence-electron chi connectivity index (χ4n) is 1.71. The van der Waals surface area contributed by atoms with E-state index in [1.807, 2.05) is 0 Å². The van der Waals surface area contributed by atoms with Gasteiger partial charge in [0.15, 0.2) is 0 Å². The number of rotatable bonds is 5. The molecule has 1 aromatic carbocycles. The average Bonchev–Trinajstić information content (AvgIpc) is 2.52. The third-order valence-corrected chi connectivity index (χ3v) is 2.77. The summed E-state index contributed by atoms with van der Waals surface area (Å²) in [4.78, 5) is 27.3. The summed E-state index contributed by atoms with van der Waals surface area (Å²) < 4.78 is 0. The number of hydrogen-bond donors (Lipinski definition) is 3. The van der Waals surface area contributed by atoms with E-state index in [-0.39, 0.29) is 36.2 Å². The van der Waals surface area contributed by atoms with Gasteiger partial charge in [-0.2, -0.15) is 0 Å². The van der Waals surface area contributed by atoms with E-state index >= 15 is 0 Å². The van der Waals surface area contributed by atoms with Crippen molar-refractivity contribution in [1.82, 2.24) is 15.6 Å². The fraction of sp³-hybridized carbons (Fsp3) is 0.133. The van der Waals surface area contributed by atoms with Crippen LogP contribution in [0.2, 0.25) is 0 Å². The number of phenols is 1. The maximum absolute atomic E-state index is 11.8. The second-order valence-corrected chi connectivity index (χ2v) is 4.27. The first-order valence-electron chi connectivity index (χ1n) is 6.43. The molecule has 108 valence electrons. The van der Waals surface area contributed by atoms with Gasteiger partial charge in [0.2, 0.25) is 0 Å². The molecule has 0 aliphatic heterocycles. The Labute approximate surface area is 121 Å². The van der Waals surface area contributed by atoms with Gasteiger partial charge in [-0.15, -0.1) is 0 Å². The third-order valence-electron chi connectivity index (χ3n) is 2.77. The van der Waals surface area contributed by atoms with Gasteiger partial charge in [0.05, 0.1) is 11.1 Å². The summed E-state index contributed by atoms with van der Waals surface area (Å²) in [6.07, 6.45) is 3.05. The molecular formula is C15H15N3O3. The number of pyridine rings is 1. The predicted octanol–water partition coefficient (Wildman–Crippen LogP) is 0.947. The lowest BCUT2D eigenvalue weighted by atomic mass is 10.2. The van der Waals surface area contributed by atoms with Crippen LogP contribution in [0.5, 0.6) is 5.75 Å². The van der Waals surface area contributed by atoms with Crippen molar-refractivity contribution in [3.63, 3.8) is 0 Å². The quantitative estimate of drug-likeness (QED) is 0.713. The van der Waals surface area contributed by atoms with Crippen LogP contribution in [-0.2, 0) is 0 Å². The van der Waals surface area contributed by atoms with Crippen LogP contribution >= 0.6 is 0 Å². The van der Waals surface area contributed by atoms with Crippen molar-refractivity contribution in [2.24, 2.45) is 0 Å². The number of aromatic hydroxyl groups is 1. The van der Waals surface area contributed by atoms with Crippen molar-refractivity contribution in [2.45, 2.75) is 0 Å². The normalized spacial score (nSPS) is 9.90. The number of aromatic nitrogens is 1. The van der Waals surface area contributed by atoms with Crippen LogP contribution in [0.4, 0.5) is 0 Å². The molecular weight excluding hydrogens is 270 g/mol. The van der Waals surface area contributed by atoms with Crippen LogP contribution in [0.3, 0.4) is 0 Å². The summed E-state index contributed by atoms with van der Waals surface area (Å²) in [7, 11) is 0. The van der Waals surface area contributed by atoms with E-state index < -0.39 is 0 Å². The molecule has 21 heavy (non-hydrogen) atoms. The predicted molar refractivity (Wildman–Crippen MR) is 77.0 cm³/mol. The number of carbonyl (C=O) groups excluding carboxylic acids is 2. The van der Waals surface area contributed by atoms with Crippen LogP contribution in [0.25, 0.3) is 0 Å². The Morgan fingerprint density at radius 3 is 2.38 bits per heavy atom. The maximum Gasteiger partial charge on any atom is 0.255 e. The summed E-state index contributed by atoms with van der Waals surface area (Å²) >= 11 is 0. The summed E-state index contributed by atoms with van der Waals surface area (Å²) in [5, 5.41) is 14.8. The SMILES string of the molecule is O=C(NCCNC(=O)c1ccccc1O)c1cccnc1. The number of nitrogens with one attached hydrogen (secondary N) is 2. The zero-order valence-corrected chi connectivity index (χ0v) is 11.2. The zero-order chi connectivity index (χ0) is 15.1. The molecule has 1 heterocycles. The fourth-order valence-corrected chi connectivity index (χ4v) is 1.71. The Morgan fingerprint density at radius 2 is 1.71 bits per heavy atom. The molecule has 0 fully saturated rings. The minimum absolute atomic E-state index is 0.0746. The highest BCUT2D eigenvalue weighted by molar-refractivity contribution is 5.97. The van der Waals surface area contributed by atoms with E-state index in [2.05, 4.69) is 15.6 Å². The minimum Gasteiger partial charge on any atom is -0.507 e. The molecule has 0 aliphatic carbocycles. The topological polar surface area (TPSA) is 91.3 Å². The lowest BCUT2D eigenvalue weighted by Gasteiger charge is -2.08. The molecule has 0 aliphatic rings. The Kier molecular flexibility index (Phi) is 4.87. The molecule has 6 nitrogen and oxygen atoms in total. The molecule has 0 spiro atoms. The Hall–Kier alpha value is -2.89.